The van der Waals surface area contributed by atoms with Gasteiger partial charge in [0.05, 0.1) is 5.69 Å². The fourth-order valence-electron chi connectivity index (χ4n) is 0.350. The van der Waals surface area contributed by atoms with Crippen molar-refractivity contribution in [1.29, 1.82) is 0 Å². The van der Waals surface area contributed by atoms with Gasteiger partial charge in [-0.15, -0.1) is 0 Å². The summed E-state index contributed by atoms with van der Waals surface area (Å²) >= 11 is 3.16. The summed E-state index contributed by atoms with van der Waals surface area (Å²) in [6, 6.07) is 0. The first-order chi connectivity index (χ1) is 3.80. The summed E-state index contributed by atoms with van der Waals surface area (Å²) in [6.07, 6.45) is 3.21. The maximum absolute atomic E-state index is 3.87. The minimum atomic E-state index is 0.674. The zero-order valence-electron chi connectivity index (χ0n) is 4.13. The average molecular weight is 172 g/mol. The van der Waals surface area contributed by atoms with Gasteiger partial charge in [-0.25, -0.2) is 4.98 Å². The third kappa shape index (κ3) is 1.04. The topological polar surface area (TPSA) is 25.8 Å². The zero-order chi connectivity index (χ0) is 5.98. The van der Waals surface area contributed by atoms with Gasteiger partial charge in [-0.2, -0.15) is 0 Å². The van der Waals surface area contributed by atoms with Gasteiger partial charge in [0.2, 0.25) is 0 Å². The van der Waals surface area contributed by atoms with Crippen molar-refractivity contribution in [2.75, 3.05) is 0 Å². The molecule has 1 radical (unpaired) electrons. The highest BCUT2D eigenvalue weighted by molar-refractivity contribution is 9.10. The molecule has 0 aliphatic heterocycles. The van der Waals surface area contributed by atoms with E-state index in [4.69, 9.17) is 0 Å². The van der Waals surface area contributed by atoms with Gasteiger partial charge in [-0.1, -0.05) is 0 Å². The van der Waals surface area contributed by atoms with Crippen LogP contribution in [0.15, 0.2) is 17.0 Å². The minimum Gasteiger partial charge on any atom is -0.257 e. The van der Waals surface area contributed by atoms with Gasteiger partial charge in [-0.3, -0.25) is 4.98 Å². The molecular formula is C5H4BrN2. The van der Waals surface area contributed by atoms with Gasteiger partial charge in [0.25, 0.3) is 0 Å². The lowest BCUT2D eigenvalue weighted by Crippen LogP contribution is -1.82. The van der Waals surface area contributed by atoms with Gasteiger partial charge in [0.1, 0.15) is 4.60 Å². The molecule has 0 aliphatic carbocycles. The first-order valence-electron chi connectivity index (χ1n) is 2.09. The Kier molecular flexibility index (Phi) is 1.58. The number of halogens is 1. The van der Waals surface area contributed by atoms with E-state index in [2.05, 4.69) is 32.8 Å². The van der Waals surface area contributed by atoms with Crippen molar-refractivity contribution in [2.24, 2.45) is 0 Å². The summed E-state index contributed by atoms with van der Waals surface area (Å²) in [5.41, 5.74) is 0.674. The molecule has 0 saturated carbocycles. The molecule has 0 spiro atoms. The fraction of sp³-hybridized carbons (Fsp3) is 0. The molecular weight excluding hydrogens is 168 g/mol. The quantitative estimate of drug-likeness (QED) is 0.591. The first kappa shape index (κ1) is 5.69. The molecule has 0 amide bonds. The molecule has 1 heterocycles. The molecule has 0 aromatic carbocycles. The summed E-state index contributed by atoms with van der Waals surface area (Å²) < 4.78 is 0.708. The van der Waals surface area contributed by atoms with Gasteiger partial charge in [0.15, 0.2) is 0 Å². The van der Waals surface area contributed by atoms with Crippen LogP contribution in [0.2, 0.25) is 0 Å². The highest BCUT2D eigenvalue weighted by Gasteiger charge is 1.89. The maximum atomic E-state index is 3.87. The van der Waals surface area contributed by atoms with Crippen molar-refractivity contribution < 1.29 is 0 Å². The van der Waals surface area contributed by atoms with Crippen LogP contribution < -0.4 is 0 Å². The van der Waals surface area contributed by atoms with Crippen molar-refractivity contribution in [3.05, 3.63) is 29.6 Å². The predicted octanol–water partition coefficient (Wildman–Crippen LogP) is 1.42. The van der Waals surface area contributed by atoms with E-state index in [9.17, 15) is 0 Å². The Morgan fingerprint density at radius 1 is 1.38 bits per heavy atom. The molecule has 0 unspecified atom stereocenters. The van der Waals surface area contributed by atoms with Crippen molar-refractivity contribution >= 4 is 15.9 Å². The van der Waals surface area contributed by atoms with E-state index in [0.29, 0.717) is 10.3 Å². The zero-order valence-corrected chi connectivity index (χ0v) is 5.72. The largest absolute Gasteiger partial charge is 0.257 e. The first-order valence-corrected chi connectivity index (χ1v) is 2.88. The second-order valence-corrected chi connectivity index (χ2v) is 2.04. The van der Waals surface area contributed by atoms with E-state index in [1.807, 2.05) is 0 Å². The fourth-order valence-corrected chi connectivity index (χ4v) is 0.570. The van der Waals surface area contributed by atoms with E-state index >= 15 is 0 Å². The molecule has 1 rings (SSSR count). The second kappa shape index (κ2) is 2.22. The summed E-state index contributed by atoms with van der Waals surface area (Å²) in [5.74, 6) is 0. The summed E-state index contributed by atoms with van der Waals surface area (Å²) in [5, 5.41) is 0. The Morgan fingerprint density at radius 3 is 2.38 bits per heavy atom. The summed E-state index contributed by atoms with van der Waals surface area (Å²) in [7, 11) is 0. The molecule has 8 heavy (non-hydrogen) atoms. The lowest BCUT2D eigenvalue weighted by Gasteiger charge is -1.89. The van der Waals surface area contributed by atoms with Crippen LogP contribution in [0.4, 0.5) is 0 Å². The smallest absolute Gasteiger partial charge is 0.127 e. The molecule has 0 saturated heterocycles. The van der Waals surface area contributed by atoms with Gasteiger partial charge in [0, 0.05) is 12.4 Å². The SMILES string of the molecule is [CH2]c1nccnc1Br. The van der Waals surface area contributed by atoms with Crippen LogP contribution in [0, 0.1) is 6.92 Å². The highest BCUT2D eigenvalue weighted by Crippen LogP contribution is 2.06. The minimum absolute atomic E-state index is 0.674. The van der Waals surface area contributed by atoms with Crippen molar-refractivity contribution in [3.8, 4) is 0 Å². The number of hydrogen-bond donors (Lipinski definition) is 0. The Labute approximate surface area is 56.1 Å². The van der Waals surface area contributed by atoms with E-state index in [1.54, 1.807) is 12.4 Å². The monoisotopic (exact) mass is 171 g/mol. The van der Waals surface area contributed by atoms with Gasteiger partial charge in [-0.05, 0) is 22.9 Å². The molecule has 0 N–H and O–H groups in total. The molecule has 1 aromatic heterocycles. The highest BCUT2D eigenvalue weighted by atomic mass is 79.9. The number of hydrogen-bond acceptors (Lipinski definition) is 2. The van der Waals surface area contributed by atoms with E-state index in [1.165, 1.54) is 0 Å². The molecule has 1 aromatic rings. The van der Waals surface area contributed by atoms with Crippen LogP contribution in [-0.2, 0) is 0 Å². The van der Waals surface area contributed by atoms with Gasteiger partial charge < -0.3 is 0 Å². The normalized spacial score (nSPS) is 9.25. The van der Waals surface area contributed by atoms with E-state index in [0.717, 1.165) is 0 Å². The Hall–Kier alpha value is -0.440. The van der Waals surface area contributed by atoms with Crippen molar-refractivity contribution in [2.45, 2.75) is 0 Å². The molecule has 0 fully saturated rings. The number of aromatic nitrogens is 2. The number of rotatable bonds is 0. The maximum Gasteiger partial charge on any atom is 0.127 e. The summed E-state index contributed by atoms with van der Waals surface area (Å²) in [6.45, 7) is 3.60. The molecule has 2 nitrogen and oxygen atoms in total. The van der Waals surface area contributed by atoms with Crippen LogP contribution in [0.3, 0.4) is 0 Å². The molecule has 41 valence electrons. The Bertz CT molecular complexity index is 167. The van der Waals surface area contributed by atoms with Crippen LogP contribution in [-0.4, -0.2) is 9.97 Å². The van der Waals surface area contributed by atoms with Crippen LogP contribution in [0.5, 0.6) is 0 Å². The Morgan fingerprint density at radius 2 is 2.00 bits per heavy atom. The van der Waals surface area contributed by atoms with Crippen molar-refractivity contribution in [1.82, 2.24) is 9.97 Å². The summed E-state index contributed by atoms with van der Waals surface area (Å²) in [4.78, 5) is 7.73. The molecule has 0 bridgehead atoms. The second-order valence-electron chi connectivity index (χ2n) is 1.29. The third-order valence-corrected chi connectivity index (χ3v) is 1.39. The average Bonchev–Trinajstić information content (AvgIpc) is 1.77. The molecule has 0 aliphatic rings. The lowest BCUT2D eigenvalue weighted by atomic mass is 10.5. The van der Waals surface area contributed by atoms with E-state index < -0.39 is 0 Å². The molecule has 0 atom stereocenters. The van der Waals surface area contributed by atoms with Crippen LogP contribution in [0.25, 0.3) is 0 Å². The lowest BCUT2D eigenvalue weighted by molar-refractivity contribution is 1.13. The van der Waals surface area contributed by atoms with Crippen molar-refractivity contribution in [3.63, 3.8) is 0 Å². The number of nitrogens with zero attached hydrogens (tertiary/aromatic N) is 2. The predicted molar refractivity (Wildman–Crippen MR) is 34.2 cm³/mol. The van der Waals surface area contributed by atoms with E-state index in [-0.39, 0.29) is 0 Å². The van der Waals surface area contributed by atoms with Crippen LogP contribution >= 0.6 is 15.9 Å². The van der Waals surface area contributed by atoms with Crippen LogP contribution in [0.1, 0.15) is 5.69 Å². The van der Waals surface area contributed by atoms with Gasteiger partial charge >= 0.3 is 0 Å². The molecule has 3 heteroatoms. The third-order valence-electron chi connectivity index (χ3n) is 0.723. The Balaban J connectivity index is 3.13. The standard InChI is InChI=1S/C5H4BrN2/c1-4-5(6)8-3-2-7-4/h2-3H,1H2.